The molecule has 1 saturated carbocycles. The Morgan fingerprint density at radius 2 is 2.06 bits per heavy atom. The Labute approximate surface area is 114 Å². The van der Waals surface area contributed by atoms with Gasteiger partial charge in [0.1, 0.15) is 0 Å². The van der Waals surface area contributed by atoms with E-state index < -0.39 is 0 Å². The predicted octanol–water partition coefficient (Wildman–Crippen LogP) is 4.31. The Balaban J connectivity index is 1.98. The van der Waals surface area contributed by atoms with Crippen LogP contribution in [0.3, 0.4) is 0 Å². The van der Waals surface area contributed by atoms with Crippen molar-refractivity contribution < 1.29 is 0 Å². The highest BCUT2D eigenvalue weighted by molar-refractivity contribution is 6.42. The third-order valence-electron chi connectivity index (χ3n) is 3.29. The molecule has 0 radical (unpaired) electrons. The van der Waals surface area contributed by atoms with Gasteiger partial charge in [-0.25, -0.2) is 0 Å². The van der Waals surface area contributed by atoms with E-state index in [1.807, 2.05) is 12.1 Å². The van der Waals surface area contributed by atoms with Gasteiger partial charge in [0.2, 0.25) is 0 Å². The first-order chi connectivity index (χ1) is 8.20. The maximum absolute atomic E-state index is 6.04. The third kappa shape index (κ3) is 3.87. The number of rotatable bonds is 6. The Hall–Kier alpha value is -0.240. The fourth-order valence-corrected chi connectivity index (χ4v) is 2.48. The molecule has 0 spiro atoms. The quantitative estimate of drug-likeness (QED) is 0.813. The number of hydrogen-bond acceptors (Lipinski definition) is 1. The van der Waals surface area contributed by atoms with Gasteiger partial charge < -0.3 is 5.32 Å². The average molecular weight is 272 g/mol. The minimum absolute atomic E-state index is 0.604. The number of hydrogen-bond donors (Lipinski definition) is 1. The molecule has 17 heavy (non-hydrogen) atoms. The SMILES string of the molecule is CCCNC(Cc1ccc(Cl)c(Cl)c1)C1CC1. The Bertz CT molecular complexity index is 374. The molecule has 94 valence electrons. The third-order valence-corrected chi connectivity index (χ3v) is 4.03. The van der Waals surface area contributed by atoms with E-state index in [1.165, 1.54) is 24.8 Å². The molecule has 1 aliphatic carbocycles. The second kappa shape index (κ2) is 6.08. The predicted molar refractivity (Wildman–Crippen MR) is 75.0 cm³/mol. The molecule has 0 amide bonds. The number of nitrogens with one attached hydrogen (secondary N) is 1. The molecule has 1 nitrogen and oxygen atoms in total. The van der Waals surface area contributed by atoms with E-state index in [-0.39, 0.29) is 0 Å². The molecule has 1 atom stereocenters. The van der Waals surface area contributed by atoms with E-state index in [2.05, 4.69) is 18.3 Å². The van der Waals surface area contributed by atoms with Gasteiger partial charge in [0, 0.05) is 6.04 Å². The summed E-state index contributed by atoms with van der Waals surface area (Å²) < 4.78 is 0. The average Bonchev–Trinajstić information content (AvgIpc) is 3.13. The first-order valence-corrected chi connectivity index (χ1v) is 7.13. The van der Waals surface area contributed by atoms with Crippen LogP contribution in [0.15, 0.2) is 18.2 Å². The summed E-state index contributed by atoms with van der Waals surface area (Å²) in [5.74, 6) is 0.857. The van der Waals surface area contributed by atoms with Crippen molar-refractivity contribution in [1.29, 1.82) is 0 Å². The van der Waals surface area contributed by atoms with Crippen LogP contribution in [0.2, 0.25) is 10.0 Å². The highest BCUT2D eigenvalue weighted by Gasteiger charge is 2.30. The van der Waals surface area contributed by atoms with E-state index in [0.29, 0.717) is 16.1 Å². The van der Waals surface area contributed by atoms with Crippen LogP contribution in [0, 0.1) is 5.92 Å². The first-order valence-electron chi connectivity index (χ1n) is 6.38. The van der Waals surface area contributed by atoms with Crippen LogP contribution in [0.25, 0.3) is 0 Å². The molecule has 3 heteroatoms. The summed E-state index contributed by atoms with van der Waals surface area (Å²) in [4.78, 5) is 0. The van der Waals surface area contributed by atoms with Crippen LogP contribution in [0.5, 0.6) is 0 Å². The van der Waals surface area contributed by atoms with Crippen LogP contribution in [0.1, 0.15) is 31.7 Å². The highest BCUT2D eigenvalue weighted by atomic mass is 35.5. The zero-order valence-electron chi connectivity index (χ0n) is 10.2. The van der Waals surface area contributed by atoms with Gasteiger partial charge >= 0.3 is 0 Å². The van der Waals surface area contributed by atoms with E-state index in [0.717, 1.165) is 18.9 Å². The van der Waals surface area contributed by atoms with Crippen molar-refractivity contribution in [3.05, 3.63) is 33.8 Å². The summed E-state index contributed by atoms with van der Waals surface area (Å²) in [6, 6.07) is 6.57. The van der Waals surface area contributed by atoms with Crippen LogP contribution in [-0.4, -0.2) is 12.6 Å². The maximum atomic E-state index is 6.04. The van der Waals surface area contributed by atoms with E-state index in [1.54, 1.807) is 0 Å². The maximum Gasteiger partial charge on any atom is 0.0595 e. The lowest BCUT2D eigenvalue weighted by atomic mass is 10.0. The normalized spacial score (nSPS) is 17.1. The molecule has 2 rings (SSSR count). The Kier molecular flexibility index (Phi) is 4.72. The van der Waals surface area contributed by atoms with Gasteiger partial charge in [0.15, 0.2) is 0 Å². The molecule has 0 saturated heterocycles. The van der Waals surface area contributed by atoms with Crippen molar-refractivity contribution in [3.8, 4) is 0 Å². The van der Waals surface area contributed by atoms with Crippen molar-refractivity contribution in [2.75, 3.05) is 6.54 Å². The first kappa shape index (κ1) is 13.2. The second-order valence-corrected chi connectivity index (χ2v) is 5.67. The van der Waals surface area contributed by atoms with Crippen LogP contribution < -0.4 is 5.32 Å². The van der Waals surface area contributed by atoms with Gasteiger partial charge in [-0.15, -0.1) is 0 Å². The van der Waals surface area contributed by atoms with Gasteiger partial charge in [-0.3, -0.25) is 0 Å². The summed E-state index contributed by atoms with van der Waals surface area (Å²) >= 11 is 12.0. The summed E-state index contributed by atoms with van der Waals surface area (Å²) in [7, 11) is 0. The topological polar surface area (TPSA) is 12.0 Å². The van der Waals surface area contributed by atoms with Gasteiger partial charge in [-0.2, -0.15) is 0 Å². The van der Waals surface area contributed by atoms with Crippen molar-refractivity contribution in [1.82, 2.24) is 5.32 Å². The molecule has 1 unspecified atom stereocenters. The van der Waals surface area contributed by atoms with Crippen LogP contribution in [0.4, 0.5) is 0 Å². The molecular formula is C14H19Cl2N. The van der Waals surface area contributed by atoms with Gasteiger partial charge in [0.05, 0.1) is 10.0 Å². The molecule has 0 aromatic heterocycles. The fourth-order valence-electron chi connectivity index (χ4n) is 2.15. The second-order valence-electron chi connectivity index (χ2n) is 4.85. The minimum atomic E-state index is 0.604. The molecule has 0 aliphatic heterocycles. The summed E-state index contributed by atoms with van der Waals surface area (Å²) in [6.07, 6.45) is 4.97. The molecule has 1 N–H and O–H groups in total. The lowest BCUT2D eigenvalue weighted by Gasteiger charge is -2.18. The van der Waals surface area contributed by atoms with Crippen molar-refractivity contribution in [2.45, 2.75) is 38.6 Å². The Morgan fingerprint density at radius 1 is 1.29 bits per heavy atom. The smallest absolute Gasteiger partial charge is 0.0595 e. The number of halogens is 2. The van der Waals surface area contributed by atoms with Crippen LogP contribution in [-0.2, 0) is 6.42 Å². The standard InChI is InChI=1S/C14H19Cl2N/c1-2-7-17-14(11-4-5-11)9-10-3-6-12(15)13(16)8-10/h3,6,8,11,14,17H,2,4-5,7,9H2,1H3. The zero-order valence-corrected chi connectivity index (χ0v) is 11.7. The zero-order chi connectivity index (χ0) is 12.3. The summed E-state index contributed by atoms with van der Waals surface area (Å²) in [6.45, 7) is 3.30. The Morgan fingerprint density at radius 3 is 2.65 bits per heavy atom. The van der Waals surface area contributed by atoms with Crippen molar-refractivity contribution >= 4 is 23.2 Å². The van der Waals surface area contributed by atoms with Crippen LogP contribution >= 0.6 is 23.2 Å². The molecular weight excluding hydrogens is 253 g/mol. The highest BCUT2D eigenvalue weighted by Crippen LogP contribution is 2.34. The molecule has 0 bridgehead atoms. The minimum Gasteiger partial charge on any atom is -0.313 e. The number of benzene rings is 1. The molecule has 0 heterocycles. The summed E-state index contributed by atoms with van der Waals surface area (Å²) in [5.41, 5.74) is 1.28. The van der Waals surface area contributed by atoms with E-state index in [9.17, 15) is 0 Å². The van der Waals surface area contributed by atoms with Gasteiger partial charge in [0.25, 0.3) is 0 Å². The van der Waals surface area contributed by atoms with Gasteiger partial charge in [-0.1, -0.05) is 36.2 Å². The lowest BCUT2D eigenvalue weighted by Crippen LogP contribution is -2.33. The summed E-state index contributed by atoms with van der Waals surface area (Å²) in [5, 5.41) is 4.94. The van der Waals surface area contributed by atoms with E-state index in [4.69, 9.17) is 23.2 Å². The van der Waals surface area contributed by atoms with E-state index >= 15 is 0 Å². The largest absolute Gasteiger partial charge is 0.313 e. The van der Waals surface area contributed by atoms with Crippen molar-refractivity contribution in [3.63, 3.8) is 0 Å². The molecule has 1 aliphatic rings. The molecule has 1 aromatic rings. The molecule has 1 aromatic carbocycles. The fraction of sp³-hybridized carbons (Fsp3) is 0.571. The molecule has 1 fully saturated rings. The van der Waals surface area contributed by atoms with Crippen molar-refractivity contribution in [2.24, 2.45) is 5.92 Å². The van der Waals surface area contributed by atoms with Gasteiger partial charge in [-0.05, 0) is 55.8 Å². The monoisotopic (exact) mass is 271 g/mol. The lowest BCUT2D eigenvalue weighted by molar-refractivity contribution is 0.460.